The van der Waals surface area contributed by atoms with Gasteiger partial charge in [-0.2, -0.15) is 0 Å². The number of benzene rings is 1. The van der Waals surface area contributed by atoms with Gasteiger partial charge in [-0.3, -0.25) is 4.90 Å². The van der Waals surface area contributed by atoms with E-state index in [-0.39, 0.29) is 0 Å². The zero-order valence-corrected chi connectivity index (χ0v) is 14.4. The van der Waals surface area contributed by atoms with Crippen molar-refractivity contribution < 1.29 is 14.6 Å². The number of aliphatic hydroxyl groups is 1. The maximum Gasteiger partial charge on any atom is 0.0916 e. The number of nitrogens with zero attached hydrogens (tertiary/aromatic N) is 1. The molecule has 1 atom stereocenters. The fourth-order valence-electron chi connectivity index (χ4n) is 2.43. The van der Waals surface area contributed by atoms with Gasteiger partial charge in [0, 0.05) is 33.9 Å². The number of methoxy groups -OCH3 is 2. The molecule has 0 aliphatic rings. The zero-order valence-electron chi connectivity index (χ0n) is 14.4. The Labute approximate surface area is 135 Å². The lowest BCUT2D eigenvalue weighted by Crippen LogP contribution is -2.34. The van der Waals surface area contributed by atoms with Crippen LogP contribution >= 0.6 is 0 Å². The maximum atomic E-state index is 10.4. The lowest BCUT2D eigenvalue weighted by atomic mass is 10.00. The highest BCUT2D eigenvalue weighted by Crippen LogP contribution is 2.17. The van der Waals surface area contributed by atoms with E-state index in [9.17, 15) is 5.11 Å². The third-order valence-electron chi connectivity index (χ3n) is 3.66. The summed E-state index contributed by atoms with van der Waals surface area (Å²) < 4.78 is 10.3. The van der Waals surface area contributed by atoms with Gasteiger partial charge in [-0.1, -0.05) is 38.1 Å². The standard InChI is InChI=1S/C18H31NO3/c1-15(2)13-16-5-7-17(8-6-16)18(20)14-19(9-11-21-3)10-12-22-4/h5-8,15,18,20H,9-14H2,1-4H3. The number of hydrogen-bond acceptors (Lipinski definition) is 4. The molecule has 126 valence electrons. The fourth-order valence-corrected chi connectivity index (χ4v) is 2.43. The van der Waals surface area contributed by atoms with Crippen molar-refractivity contribution in [1.82, 2.24) is 4.90 Å². The van der Waals surface area contributed by atoms with Crippen molar-refractivity contribution in [3.63, 3.8) is 0 Å². The minimum Gasteiger partial charge on any atom is -0.387 e. The molecule has 1 N–H and O–H groups in total. The van der Waals surface area contributed by atoms with Crippen molar-refractivity contribution in [2.45, 2.75) is 26.4 Å². The Balaban J connectivity index is 2.57. The predicted octanol–water partition coefficient (Wildman–Crippen LogP) is 2.51. The van der Waals surface area contributed by atoms with Crippen LogP contribution in [0.2, 0.25) is 0 Å². The second-order valence-corrected chi connectivity index (χ2v) is 6.14. The van der Waals surface area contributed by atoms with E-state index < -0.39 is 6.10 Å². The molecular formula is C18H31NO3. The number of rotatable bonds is 11. The lowest BCUT2D eigenvalue weighted by Gasteiger charge is -2.24. The summed E-state index contributed by atoms with van der Waals surface area (Å²) in [5, 5.41) is 10.4. The molecule has 0 heterocycles. The Morgan fingerprint density at radius 2 is 1.55 bits per heavy atom. The smallest absolute Gasteiger partial charge is 0.0916 e. The minimum atomic E-state index is -0.484. The highest BCUT2D eigenvalue weighted by Gasteiger charge is 2.13. The van der Waals surface area contributed by atoms with Gasteiger partial charge < -0.3 is 14.6 Å². The first-order valence-corrected chi connectivity index (χ1v) is 8.04. The number of aliphatic hydroxyl groups excluding tert-OH is 1. The van der Waals surface area contributed by atoms with E-state index in [1.807, 2.05) is 12.1 Å². The summed E-state index contributed by atoms with van der Waals surface area (Å²) in [4.78, 5) is 2.17. The second kappa shape index (κ2) is 10.7. The topological polar surface area (TPSA) is 41.9 Å². The summed E-state index contributed by atoms with van der Waals surface area (Å²) in [6.45, 7) is 7.92. The largest absolute Gasteiger partial charge is 0.387 e. The van der Waals surface area contributed by atoms with E-state index in [1.54, 1.807) is 14.2 Å². The van der Waals surface area contributed by atoms with Crippen molar-refractivity contribution in [2.75, 3.05) is 47.1 Å². The van der Waals surface area contributed by atoms with Crippen LogP contribution < -0.4 is 0 Å². The minimum absolute atomic E-state index is 0.484. The van der Waals surface area contributed by atoms with Crippen LogP contribution in [0.25, 0.3) is 0 Å². The van der Waals surface area contributed by atoms with Gasteiger partial charge in [0.1, 0.15) is 0 Å². The molecule has 0 fully saturated rings. The van der Waals surface area contributed by atoms with Crippen molar-refractivity contribution in [3.05, 3.63) is 35.4 Å². The van der Waals surface area contributed by atoms with E-state index in [4.69, 9.17) is 9.47 Å². The second-order valence-electron chi connectivity index (χ2n) is 6.14. The van der Waals surface area contributed by atoms with Crippen molar-refractivity contribution in [1.29, 1.82) is 0 Å². The molecule has 1 aromatic rings. The molecule has 4 nitrogen and oxygen atoms in total. The number of ether oxygens (including phenoxy) is 2. The van der Waals surface area contributed by atoms with Gasteiger partial charge in [0.25, 0.3) is 0 Å². The monoisotopic (exact) mass is 309 g/mol. The van der Waals surface area contributed by atoms with E-state index in [2.05, 4.69) is 30.9 Å². The van der Waals surface area contributed by atoms with E-state index in [0.717, 1.165) is 25.1 Å². The zero-order chi connectivity index (χ0) is 16.4. The third-order valence-corrected chi connectivity index (χ3v) is 3.66. The van der Waals surface area contributed by atoms with E-state index in [1.165, 1.54) is 5.56 Å². The van der Waals surface area contributed by atoms with Crippen LogP contribution in [-0.4, -0.2) is 57.1 Å². The summed E-state index contributed by atoms with van der Waals surface area (Å²) in [6.07, 6.45) is 0.589. The molecule has 1 rings (SSSR count). The highest BCUT2D eigenvalue weighted by atomic mass is 16.5. The molecular weight excluding hydrogens is 278 g/mol. The van der Waals surface area contributed by atoms with Crippen LogP contribution in [0.15, 0.2) is 24.3 Å². The van der Waals surface area contributed by atoms with Crippen molar-refractivity contribution >= 4 is 0 Å². The van der Waals surface area contributed by atoms with Gasteiger partial charge in [-0.25, -0.2) is 0 Å². The lowest BCUT2D eigenvalue weighted by molar-refractivity contribution is 0.0697. The molecule has 0 aliphatic carbocycles. The molecule has 0 aliphatic heterocycles. The Morgan fingerprint density at radius 3 is 2.00 bits per heavy atom. The molecule has 0 saturated heterocycles. The molecule has 0 spiro atoms. The Morgan fingerprint density at radius 1 is 1.00 bits per heavy atom. The van der Waals surface area contributed by atoms with E-state index >= 15 is 0 Å². The van der Waals surface area contributed by atoms with Gasteiger partial charge in [0.05, 0.1) is 19.3 Å². The van der Waals surface area contributed by atoms with Crippen molar-refractivity contribution in [3.8, 4) is 0 Å². The fraction of sp³-hybridized carbons (Fsp3) is 0.667. The average Bonchev–Trinajstić information content (AvgIpc) is 2.50. The Bertz CT molecular complexity index is 384. The summed E-state index contributed by atoms with van der Waals surface area (Å²) in [6, 6.07) is 8.31. The van der Waals surface area contributed by atoms with Gasteiger partial charge in [0.2, 0.25) is 0 Å². The number of hydrogen-bond donors (Lipinski definition) is 1. The van der Waals surface area contributed by atoms with Crippen LogP contribution in [0.3, 0.4) is 0 Å². The molecule has 0 amide bonds. The van der Waals surface area contributed by atoms with Gasteiger partial charge in [-0.15, -0.1) is 0 Å². The summed E-state index contributed by atoms with van der Waals surface area (Å²) in [5.74, 6) is 0.648. The predicted molar refractivity (Wildman–Crippen MR) is 90.1 cm³/mol. The molecule has 22 heavy (non-hydrogen) atoms. The maximum absolute atomic E-state index is 10.4. The van der Waals surface area contributed by atoms with Crippen molar-refractivity contribution in [2.24, 2.45) is 5.92 Å². The summed E-state index contributed by atoms with van der Waals surface area (Å²) in [5.41, 5.74) is 2.29. The Kier molecular flexibility index (Phi) is 9.32. The first-order valence-electron chi connectivity index (χ1n) is 8.04. The molecule has 0 radical (unpaired) electrons. The van der Waals surface area contributed by atoms with Crippen LogP contribution in [-0.2, 0) is 15.9 Å². The van der Waals surface area contributed by atoms with Crippen LogP contribution in [0.5, 0.6) is 0 Å². The van der Waals surface area contributed by atoms with Gasteiger partial charge >= 0.3 is 0 Å². The quantitative estimate of drug-likeness (QED) is 0.682. The molecule has 1 unspecified atom stereocenters. The van der Waals surface area contributed by atoms with Crippen LogP contribution in [0, 0.1) is 5.92 Å². The van der Waals surface area contributed by atoms with Crippen LogP contribution in [0.1, 0.15) is 31.1 Å². The summed E-state index contributed by atoms with van der Waals surface area (Å²) in [7, 11) is 3.39. The van der Waals surface area contributed by atoms with Gasteiger partial charge in [-0.05, 0) is 23.5 Å². The third kappa shape index (κ3) is 7.36. The highest BCUT2D eigenvalue weighted by molar-refractivity contribution is 5.24. The van der Waals surface area contributed by atoms with E-state index in [0.29, 0.717) is 25.7 Å². The molecule has 0 bridgehead atoms. The molecule has 0 saturated carbocycles. The SMILES string of the molecule is COCCN(CCOC)CC(O)c1ccc(CC(C)C)cc1. The molecule has 4 heteroatoms. The van der Waals surface area contributed by atoms with Crippen LogP contribution in [0.4, 0.5) is 0 Å². The normalized spacial score (nSPS) is 13.0. The first-order chi connectivity index (χ1) is 10.6. The Hall–Kier alpha value is -0.940. The molecule has 0 aromatic heterocycles. The first kappa shape index (κ1) is 19.1. The summed E-state index contributed by atoms with van der Waals surface area (Å²) >= 11 is 0. The average molecular weight is 309 g/mol. The van der Waals surface area contributed by atoms with Gasteiger partial charge in [0.15, 0.2) is 0 Å². The molecule has 1 aromatic carbocycles.